The van der Waals surface area contributed by atoms with Crippen molar-refractivity contribution in [3.05, 3.63) is 57.5 Å². The number of nitrogens with one attached hydrogen (secondary N) is 1. The fourth-order valence-corrected chi connectivity index (χ4v) is 2.63. The Bertz CT molecular complexity index is 889. The highest BCUT2D eigenvalue weighted by molar-refractivity contribution is 6.36. The van der Waals surface area contributed by atoms with E-state index in [4.69, 9.17) is 23.2 Å². The van der Waals surface area contributed by atoms with Crippen LogP contribution in [0.25, 0.3) is 5.65 Å². The molecule has 0 atom stereocenters. The highest BCUT2D eigenvalue weighted by atomic mass is 35.5. The van der Waals surface area contributed by atoms with E-state index < -0.39 is 0 Å². The Morgan fingerprint density at radius 2 is 1.95 bits per heavy atom. The van der Waals surface area contributed by atoms with Crippen LogP contribution in [0.2, 0.25) is 10.0 Å². The van der Waals surface area contributed by atoms with E-state index in [2.05, 4.69) is 15.4 Å². The molecule has 0 saturated carbocycles. The van der Waals surface area contributed by atoms with Crippen LogP contribution >= 0.6 is 23.2 Å². The predicted octanol–water partition coefficient (Wildman–Crippen LogP) is 3.91. The third kappa shape index (κ3) is 2.77. The number of benzene rings is 1. The molecule has 7 heteroatoms. The van der Waals surface area contributed by atoms with Crippen LogP contribution in [0, 0.1) is 13.8 Å². The Morgan fingerprint density at radius 1 is 1.18 bits per heavy atom. The molecule has 0 aliphatic heterocycles. The summed E-state index contributed by atoms with van der Waals surface area (Å²) in [5.74, 6) is -0.355. The predicted molar refractivity (Wildman–Crippen MR) is 86.9 cm³/mol. The summed E-state index contributed by atoms with van der Waals surface area (Å²) in [5, 5.41) is 7.86. The van der Waals surface area contributed by atoms with Crippen molar-refractivity contribution in [1.82, 2.24) is 14.6 Å². The molecule has 0 unspecified atom stereocenters. The zero-order valence-corrected chi connectivity index (χ0v) is 13.4. The molecule has 3 rings (SSSR count). The highest BCUT2D eigenvalue weighted by Gasteiger charge is 2.14. The lowest BCUT2D eigenvalue weighted by Crippen LogP contribution is -2.13. The molecule has 3 aromatic rings. The molecule has 1 N–H and O–H groups in total. The number of hydrogen-bond acceptors (Lipinski definition) is 3. The largest absolute Gasteiger partial charge is 0.319 e. The monoisotopic (exact) mass is 334 g/mol. The summed E-state index contributed by atoms with van der Waals surface area (Å²) in [6.45, 7) is 3.81. The topological polar surface area (TPSA) is 59.3 Å². The minimum Gasteiger partial charge on any atom is -0.319 e. The van der Waals surface area contributed by atoms with Crippen LogP contribution in [-0.4, -0.2) is 20.5 Å². The third-order valence-corrected chi connectivity index (χ3v) is 3.69. The quantitative estimate of drug-likeness (QED) is 0.772. The Labute approximate surface area is 136 Å². The van der Waals surface area contributed by atoms with E-state index in [0.717, 1.165) is 11.4 Å². The summed E-state index contributed by atoms with van der Waals surface area (Å²) in [6.07, 6.45) is 0. The molecular weight excluding hydrogens is 323 g/mol. The maximum Gasteiger partial charge on any atom is 0.276 e. The van der Waals surface area contributed by atoms with Gasteiger partial charge in [0.25, 0.3) is 5.91 Å². The molecule has 0 spiro atoms. The Morgan fingerprint density at radius 3 is 2.68 bits per heavy atom. The summed E-state index contributed by atoms with van der Waals surface area (Å²) in [5.41, 5.74) is 3.16. The number of nitrogens with zero attached hydrogens (tertiary/aromatic N) is 3. The first-order valence-corrected chi connectivity index (χ1v) is 7.30. The van der Waals surface area contributed by atoms with Crippen LogP contribution < -0.4 is 5.32 Å². The first-order valence-electron chi connectivity index (χ1n) is 6.54. The number of carbonyl (C=O) groups excluding carboxylic acids is 1. The first kappa shape index (κ1) is 14.8. The summed E-state index contributed by atoms with van der Waals surface area (Å²) in [6, 6.07) is 8.40. The minimum absolute atomic E-state index is 0.271. The molecule has 0 aliphatic carbocycles. The number of anilines is 1. The zero-order valence-electron chi connectivity index (χ0n) is 11.9. The second-order valence-electron chi connectivity index (χ2n) is 4.92. The zero-order chi connectivity index (χ0) is 15.9. The molecule has 1 amide bonds. The summed E-state index contributed by atoms with van der Waals surface area (Å²) in [4.78, 5) is 16.7. The summed E-state index contributed by atoms with van der Waals surface area (Å²) in [7, 11) is 0. The Kier molecular flexibility index (Phi) is 3.76. The van der Waals surface area contributed by atoms with Gasteiger partial charge >= 0.3 is 0 Å². The van der Waals surface area contributed by atoms with Gasteiger partial charge in [-0.15, -0.1) is 0 Å². The van der Waals surface area contributed by atoms with Gasteiger partial charge in [0.2, 0.25) is 0 Å². The average Bonchev–Trinajstić information content (AvgIpc) is 2.86. The number of rotatable bonds is 2. The molecule has 0 fully saturated rings. The van der Waals surface area contributed by atoms with Crippen LogP contribution in [-0.2, 0) is 0 Å². The second kappa shape index (κ2) is 5.59. The average molecular weight is 335 g/mol. The van der Waals surface area contributed by atoms with Crippen LogP contribution in [0.1, 0.15) is 21.9 Å². The normalized spacial score (nSPS) is 10.9. The molecule has 0 saturated heterocycles. The van der Waals surface area contributed by atoms with Gasteiger partial charge in [-0.2, -0.15) is 5.10 Å². The molecule has 112 valence electrons. The summed E-state index contributed by atoms with van der Waals surface area (Å²) < 4.78 is 1.63. The minimum atomic E-state index is -0.355. The molecule has 0 aliphatic rings. The van der Waals surface area contributed by atoms with Crippen LogP contribution in [0.15, 0.2) is 30.3 Å². The van der Waals surface area contributed by atoms with E-state index in [1.807, 2.05) is 19.9 Å². The standard InChI is InChI=1S/C15H12Cl2N4O/c1-8-5-9(2)21-14(18-8)7-13(20-21)15(22)19-12-4-3-10(16)6-11(12)17/h3-7H,1-2H3,(H,19,22). The van der Waals surface area contributed by atoms with Gasteiger partial charge in [-0.25, -0.2) is 9.50 Å². The molecule has 2 aromatic heterocycles. The van der Waals surface area contributed by atoms with E-state index in [0.29, 0.717) is 21.4 Å². The smallest absolute Gasteiger partial charge is 0.276 e. The summed E-state index contributed by atoms with van der Waals surface area (Å²) >= 11 is 11.9. The lowest BCUT2D eigenvalue weighted by molar-refractivity contribution is 0.102. The van der Waals surface area contributed by atoms with Crippen molar-refractivity contribution in [2.75, 3.05) is 5.32 Å². The number of aromatic nitrogens is 3. The number of aryl methyl sites for hydroxylation is 2. The van der Waals surface area contributed by atoms with Gasteiger partial charge in [-0.3, -0.25) is 4.79 Å². The van der Waals surface area contributed by atoms with Gasteiger partial charge in [-0.1, -0.05) is 23.2 Å². The highest BCUT2D eigenvalue weighted by Crippen LogP contribution is 2.25. The van der Waals surface area contributed by atoms with Gasteiger partial charge < -0.3 is 5.32 Å². The van der Waals surface area contributed by atoms with Crippen molar-refractivity contribution in [1.29, 1.82) is 0 Å². The first-order chi connectivity index (χ1) is 10.4. The van der Waals surface area contributed by atoms with E-state index in [-0.39, 0.29) is 11.6 Å². The van der Waals surface area contributed by atoms with Crippen molar-refractivity contribution in [3.63, 3.8) is 0 Å². The number of carbonyl (C=O) groups is 1. The Hall–Kier alpha value is -2.11. The fraction of sp³-hybridized carbons (Fsp3) is 0.133. The maximum atomic E-state index is 12.3. The van der Waals surface area contributed by atoms with E-state index in [1.54, 1.807) is 28.8 Å². The van der Waals surface area contributed by atoms with Crippen molar-refractivity contribution in [2.45, 2.75) is 13.8 Å². The van der Waals surface area contributed by atoms with Gasteiger partial charge in [0.1, 0.15) is 0 Å². The molecule has 5 nitrogen and oxygen atoms in total. The van der Waals surface area contributed by atoms with Crippen LogP contribution in [0.4, 0.5) is 5.69 Å². The second-order valence-corrected chi connectivity index (χ2v) is 5.76. The van der Waals surface area contributed by atoms with E-state index >= 15 is 0 Å². The molecule has 2 heterocycles. The number of halogens is 2. The van der Waals surface area contributed by atoms with Crippen molar-refractivity contribution < 1.29 is 4.79 Å². The van der Waals surface area contributed by atoms with Crippen LogP contribution in [0.5, 0.6) is 0 Å². The van der Waals surface area contributed by atoms with E-state index in [1.165, 1.54) is 0 Å². The molecule has 22 heavy (non-hydrogen) atoms. The third-order valence-electron chi connectivity index (χ3n) is 3.15. The van der Waals surface area contributed by atoms with Gasteiger partial charge in [0.15, 0.2) is 11.3 Å². The number of fused-ring (bicyclic) bond motifs is 1. The van der Waals surface area contributed by atoms with Crippen LogP contribution in [0.3, 0.4) is 0 Å². The fourth-order valence-electron chi connectivity index (χ4n) is 2.18. The van der Waals surface area contributed by atoms with E-state index in [9.17, 15) is 4.79 Å². The number of hydrogen-bond donors (Lipinski definition) is 1. The van der Waals surface area contributed by atoms with Crippen molar-refractivity contribution in [2.24, 2.45) is 0 Å². The lowest BCUT2D eigenvalue weighted by atomic mass is 10.3. The maximum absolute atomic E-state index is 12.3. The Balaban J connectivity index is 1.93. The molecular formula is C15H12Cl2N4O. The van der Waals surface area contributed by atoms with Gasteiger partial charge in [0.05, 0.1) is 10.7 Å². The molecule has 1 aromatic carbocycles. The number of amides is 1. The van der Waals surface area contributed by atoms with Crippen molar-refractivity contribution in [3.8, 4) is 0 Å². The lowest BCUT2D eigenvalue weighted by Gasteiger charge is -2.05. The van der Waals surface area contributed by atoms with Gasteiger partial charge in [0, 0.05) is 22.5 Å². The van der Waals surface area contributed by atoms with Crippen molar-refractivity contribution >= 4 is 40.4 Å². The SMILES string of the molecule is Cc1cc(C)n2nc(C(=O)Nc3ccc(Cl)cc3Cl)cc2n1. The molecule has 0 bridgehead atoms. The molecule has 0 radical (unpaired) electrons. The van der Waals surface area contributed by atoms with Gasteiger partial charge in [-0.05, 0) is 38.1 Å².